The number of guanidine groups is 2. The number of rotatable bonds is 2. The predicted octanol–water partition coefficient (Wildman–Crippen LogP) is 2.52. The standard InChI is InChI=1S/C15H21N5S/c1-21-12-7-5-11(6-8-12)20-14(17)18-13(16)19-15(20)9-3-2-4-10-15/h5-8H,2-4,9-10H2,1H3,(H4,16,17,18,19). The second kappa shape index (κ2) is 5.60. The van der Waals surface area contributed by atoms with Gasteiger partial charge in [0.1, 0.15) is 5.66 Å². The Kier molecular flexibility index (Phi) is 3.80. The van der Waals surface area contributed by atoms with Gasteiger partial charge in [-0.1, -0.05) is 6.42 Å². The van der Waals surface area contributed by atoms with Gasteiger partial charge in [-0.2, -0.15) is 4.99 Å². The van der Waals surface area contributed by atoms with Crippen molar-refractivity contribution in [3.63, 3.8) is 0 Å². The van der Waals surface area contributed by atoms with Crippen molar-refractivity contribution in [1.82, 2.24) is 0 Å². The Labute approximate surface area is 129 Å². The van der Waals surface area contributed by atoms with Crippen molar-refractivity contribution in [2.75, 3.05) is 11.2 Å². The Morgan fingerprint density at radius 3 is 2.38 bits per heavy atom. The van der Waals surface area contributed by atoms with Crippen LogP contribution in [0, 0.1) is 0 Å². The second-order valence-electron chi connectivity index (χ2n) is 5.52. The van der Waals surface area contributed by atoms with Crippen molar-refractivity contribution in [1.29, 1.82) is 0 Å². The minimum Gasteiger partial charge on any atom is -0.369 e. The zero-order valence-electron chi connectivity index (χ0n) is 12.2. The molecule has 1 heterocycles. The zero-order valence-corrected chi connectivity index (χ0v) is 13.1. The molecule has 1 fully saturated rings. The molecule has 3 rings (SSSR count). The van der Waals surface area contributed by atoms with Crippen molar-refractivity contribution in [2.24, 2.45) is 21.5 Å². The highest BCUT2D eigenvalue weighted by Crippen LogP contribution is 2.39. The molecule has 1 saturated carbocycles. The molecular formula is C15H21N5S. The Morgan fingerprint density at radius 1 is 1.10 bits per heavy atom. The van der Waals surface area contributed by atoms with Gasteiger partial charge in [0.25, 0.3) is 0 Å². The molecular weight excluding hydrogens is 282 g/mol. The lowest BCUT2D eigenvalue weighted by Gasteiger charge is -2.45. The van der Waals surface area contributed by atoms with Crippen LogP contribution in [0.15, 0.2) is 39.1 Å². The minimum atomic E-state index is -0.352. The van der Waals surface area contributed by atoms with Crippen molar-refractivity contribution < 1.29 is 0 Å². The summed E-state index contributed by atoms with van der Waals surface area (Å²) in [6.07, 6.45) is 7.53. The van der Waals surface area contributed by atoms with E-state index in [2.05, 4.69) is 45.4 Å². The Morgan fingerprint density at radius 2 is 1.76 bits per heavy atom. The molecule has 0 radical (unpaired) electrons. The fraction of sp³-hybridized carbons (Fsp3) is 0.467. The van der Waals surface area contributed by atoms with Crippen LogP contribution in [0.3, 0.4) is 0 Å². The van der Waals surface area contributed by atoms with Crippen LogP contribution in [-0.2, 0) is 0 Å². The summed E-state index contributed by atoms with van der Waals surface area (Å²) in [4.78, 5) is 12.1. The van der Waals surface area contributed by atoms with E-state index in [0.29, 0.717) is 11.9 Å². The fourth-order valence-electron chi connectivity index (χ4n) is 3.23. The summed E-state index contributed by atoms with van der Waals surface area (Å²) in [5.41, 5.74) is 12.7. The fourth-order valence-corrected chi connectivity index (χ4v) is 3.63. The molecule has 0 aromatic heterocycles. The van der Waals surface area contributed by atoms with Gasteiger partial charge in [0.05, 0.1) is 0 Å². The highest BCUT2D eigenvalue weighted by atomic mass is 32.2. The second-order valence-corrected chi connectivity index (χ2v) is 6.40. The quantitative estimate of drug-likeness (QED) is 0.823. The molecule has 1 spiro atoms. The summed E-state index contributed by atoms with van der Waals surface area (Å²) in [5, 5.41) is 0. The van der Waals surface area contributed by atoms with Gasteiger partial charge in [0.15, 0.2) is 0 Å². The molecule has 112 valence electrons. The molecule has 6 heteroatoms. The van der Waals surface area contributed by atoms with Gasteiger partial charge in [-0.15, -0.1) is 11.8 Å². The van der Waals surface area contributed by atoms with Crippen LogP contribution in [-0.4, -0.2) is 23.8 Å². The third-order valence-electron chi connectivity index (χ3n) is 4.18. The van der Waals surface area contributed by atoms with Gasteiger partial charge in [-0.25, -0.2) is 4.99 Å². The molecule has 1 aromatic rings. The number of aliphatic imine (C=N–C) groups is 2. The SMILES string of the molecule is CSc1ccc(N2C(N)=NC(N)=NC23CCCCC3)cc1. The van der Waals surface area contributed by atoms with E-state index in [1.165, 1.54) is 11.3 Å². The number of hydrogen-bond acceptors (Lipinski definition) is 6. The number of benzene rings is 1. The molecule has 0 unspecified atom stereocenters. The van der Waals surface area contributed by atoms with Gasteiger partial charge in [-0.05, 0) is 56.2 Å². The number of thioether (sulfide) groups is 1. The predicted molar refractivity (Wildman–Crippen MR) is 89.8 cm³/mol. The van der Waals surface area contributed by atoms with Crippen molar-refractivity contribution in [2.45, 2.75) is 42.7 Å². The van der Waals surface area contributed by atoms with Crippen LogP contribution >= 0.6 is 11.8 Å². The molecule has 4 N–H and O–H groups in total. The van der Waals surface area contributed by atoms with E-state index in [1.54, 1.807) is 11.8 Å². The molecule has 1 aliphatic carbocycles. The van der Waals surface area contributed by atoms with E-state index >= 15 is 0 Å². The maximum absolute atomic E-state index is 6.19. The summed E-state index contributed by atoms with van der Waals surface area (Å²) in [5.74, 6) is 0.743. The lowest BCUT2D eigenvalue weighted by atomic mass is 9.87. The van der Waals surface area contributed by atoms with Crippen LogP contribution in [0.2, 0.25) is 0 Å². The average molecular weight is 303 g/mol. The maximum Gasteiger partial charge on any atom is 0.220 e. The summed E-state index contributed by atoms with van der Waals surface area (Å²) in [6.45, 7) is 0. The normalized spacial score (nSPS) is 21.1. The molecule has 0 bridgehead atoms. The van der Waals surface area contributed by atoms with Gasteiger partial charge < -0.3 is 11.5 Å². The van der Waals surface area contributed by atoms with Gasteiger partial charge in [0, 0.05) is 10.6 Å². The first kappa shape index (κ1) is 14.3. The first-order chi connectivity index (χ1) is 10.1. The zero-order chi connectivity index (χ0) is 14.9. The van der Waals surface area contributed by atoms with Crippen molar-refractivity contribution in [3.8, 4) is 0 Å². The molecule has 1 aliphatic heterocycles. The third-order valence-corrected chi connectivity index (χ3v) is 4.93. The van der Waals surface area contributed by atoms with E-state index in [9.17, 15) is 0 Å². The average Bonchev–Trinajstić information content (AvgIpc) is 2.48. The van der Waals surface area contributed by atoms with Crippen LogP contribution in [0.5, 0.6) is 0 Å². The molecule has 2 aliphatic rings. The van der Waals surface area contributed by atoms with Gasteiger partial charge in [-0.3, -0.25) is 4.90 Å². The summed E-state index contributed by atoms with van der Waals surface area (Å²) < 4.78 is 0. The molecule has 0 saturated heterocycles. The minimum absolute atomic E-state index is 0.298. The van der Waals surface area contributed by atoms with Crippen LogP contribution in [0.4, 0.5) is 5.69 Å². The van der Waals surface area contributed by atoms with Crippen LogP contribution in [0.1, 0.15) is 32.1 Å². The van der Waals surface area contributed by atoms with Crippen molar-refractivity contribution >= 4 is 29.4 Å². The first-order valence-corrected chi connectivity index (χ1v) is 8.51. The first-order valence-electron chi connectivity index (χ1n) is 7.28. The summed E-state index contributed by atoms with van der Waals surface area (Å²) in [6, 6.07) is 8.38. The Bertz CT molecular complexity index is 572. The monoisotopic (exact) mass is 303 g/mol. The molecule has 21 heavy (non-hydrogen) atoms. The number of nitrogens with two attached hydrogens (primary N) is 2. The van der Waals surface area contributed by atoms with E-state index in [1.807, 2.05) is 0 Å². The van der Waals surface area contributed by atoms with E-state index in [0.717, 1.165) is 31.4 Å². The van der Waals surface area contributed by atoms with Gasteiger partial charge >= 0.3 is 0 Å². The Balaban J connectivity index is 2.01. The smallest absolute Gasteiger partial charge is 0.220 e. The van der Waals surface area contributed by atoms with E-state index in [4.69, 9.17) is 11.5 Å². The van der Waals surface area contributed by atoms with Crippen LogP contribution in [0.25, 0.3) is 0 Å². The lowest BCUT2D eigenvalue weighted by Crippen LogP contribution is -2.58. The number of anilines is 1. The highest BCUT2D eigenvalue weighted by Gasteiger charge is 2.42. The molecule has 0 amide bonds. The summed E-state index contributed by atoms with van der Waals surface area (Å²) in [7, 11) is 0. The number of hydrogen-bond donors (Lipinski definition) is 2. The van der Waals surface area contributed by atoms with Gasteiger partial charge in [0.2, 0.25) is 11.9 Å². The maximum atomic E-state index is 6.19. The van der Waals surface area contributed by atoms with E-state index < -0.39 is 0 Å². The summed E-state index contributed by atoms with van der Waals surface area (Å²) >= 11 is 1.72. The largest absolute Gasteiger partial charge is 0.369 e. The third kappa shape index (κ3) is 2.60. The molecule has 0 atom stereocenters. The number of nitrogens with zero attached hydrogens (tertiary/aromatic N) is 3. The Hall–Kier alpha value is -1.69. The highest BCUT2D eigenvalue weighted by molar-refractivity contribution is 7.98. The van der Waals surface area contributed by atoms with Crippen LogP contribution < -0.4 is 16.4 Å². The molecule has 5 nitrogen and oxygen atoms in total. The molecule has 1 aromatic carbocycles. The van der Waals surface area contributed by atoms with E-state index in [-0.39, 0.29) is 5.66 Å². The lowest BCUT2D eigenvalue weighted by molar-refractivity contribution is 0.305. The van der Waals surface area contributed by atoms with Crippen molar-refractivity contribution in [3.05, 3.63) is 24.3 Å². The topological polar surface area (TPSA) is 80.0 Å².